The van der Waals surface area contributed by atoms with Crippen molar-refractivity contribution in [2.45, 2.75) is 43.6 Å². The number of hydrogen-bond acceptors (Lipinski definition) is 5. The summed E-state index contributed by atoms with van der Waals surface area (Å²) in [6.07, 6.45) is 4.71. The third-order valence-corrected chi connectivity index (χ3v) is 7.70. The molecule has 5 heterocycles. The van der Waals surface area contributed by atoms with Crippen LogP contribution in [0.15, 0.2) is 53.1 Å². The number of nitriles is 1. The fraction of sp³-hybridized carbons (Fsp3) is 0.375. The Morgan fingerprint density at radius 3 is 2.66 bits per heavy atom. The molecule has 3 aliphatic rings. The second kappa shape index (κ2) is 7.32. The quantitative estimate of drug-likeness (QED) is 0.540. The first-order valence-electron chi connectivity index (χ1n) is 11.0. The molecule has 6 rings (SSSR count). The molecule has 0 radical (unpaired) electrons. The van der Waals surface area contributed by atoms with Crippen LogP contribution in [0.5, 0.6) is 0 Å². The second-order valence-electron chi connectivity index (χ2n) is 8.74. The predicted octanol–water partition coefficient (Wildman–Crippen LogP) is 4.03. The van der Waals surface area contributed by atoms with Crippen molar-refractivity contribution in [3.8, 4) is 6.07 Å². The minimum absolute atomic E-state index is 0.102. The first-order valence-corrected chi connectivity index (χ1v) is 11.8. The Hall–Kier alpha value is -2.89. The van der Waals surface area contributed by atoms with Crippen molar-refractivity contribution >= 4 is 33.2 Å². The number of fused-ring (bicyclic) bond motifs is 2. The number of rotatable bonds is 2. The summed E-state index contributed by atoms with van der Waals surface area (Å²) < 4.78 is 9.07. The van der Waals surface area contributed by atoms with Crippen molar-refractivity contribution in [2.75, 3.05) is 18.0 Å². The molecule has 2 atom stereocenters. The van der Waals surface area contributed by atoms with Crippen molar-refractivity contribution in [2.24, 2.45) is 0 Å². The number of ether oxygens (including phenoxy) is 1. The molecule has 1 aromatic carbocycles. The summed E-state index contributed by atoms with van der Waals surface area (Å²) in [6, 6.07) is 16.4. The van der Waals surface area contributed by atoms with E-state index in [1.807, 2.05) is 39.7 Å². The zero-order valence-electron chi connectivity index (χ0n) is 17.4. The minimum Gasteiger partial charge on any atom is -0.356 e. The average Bonchev–Trinajstić information content (AvgIpc) is 3.49. The van der Waals surface area contributed by atoms with E-state index in [0.29, 0.717) is 31.5 Å². The highest BCUT2D eigenvalue weighted by Crippen LogP contribution is 2.47. The van der Waals surface area contributed by atoms with Crippen LogP contribution in [0.1, 0.15) is 42.9 Å². The molecule has 162 valence electrons. The van der Waals surface area contributed by atoms with Crippen molar-refractivity contribution in [3.05, 3.63) is 64.3 Å². The summed E-state index contributed by atoms with van der Waals surface area (Å²) in [6.45, 7) is 1.39. The third-order valence-electron chi connectivity index (χ3n) is 7.11. The first kappa shape index (κ1) is 19.8. The van der Waals surface area contributed by atoms with E-state index in [1.54, 1.807) is 6.20 Å². The number of piperidine rings is 1. The molecule has 2 aromatic heterocycles. The predicted molar refractivity (Wildman–Crippen MR) is 122 cm³/mol. The van der Waals surface area contributed by atoms with Gasteiger partial charge in [0.25, 0.3) is 5.91 Å². The minimum atomic E-state index is -0.731. The van der Waals surface area contributed by atoms with E-state index in [2.05, 4.69) is 44.1 Å². The smallest absolute Gasteiger partial charge is 0.257 e. The number of benzene rings is 1. The Morgan fingerprint density at radius 1 is 1.12 bits per heavy atom. The van der Waals surface area contributed by atoms with Crippen LogP contribution in [0, 0.1) is 11.3 Å². The molecule has 1 amide bonds. The number of halogens is 1. The Kier molecular flexibility index (Phi) is 4.52. The van der Waals surface area contributed by atoms with Crippen LogP contribution in [-0.4, -0.2) is 45.3 Å². The van der Waals surface area contributed by atoms with E-state index < -0.39 is 5.60 Å². The number of pyridine rings is 1. The van der Waals surface area contributed by atoms with Gasteiger partial charge in [0.15, 0.2) is 5.60 Å². The number of nitrogens with zero attached hydrogens (tertiary/aromatic N) is 5. The van der Waals surface area contributed by atoms with Crippen LogP contribution in [0.3, 0.4) is 0 Å². The van der Waals surface area contributed by atoms with Crippen LogP contribution in [0.4, 0.5) is 5.82 Å². The lowest BCUT2D eigenvalue weighted by atomic mass is 9.89. The monoisotopic (exact) mass is 491 g/mol. The summed E-state index contributed by atoms with van der Waals surface area (Å²) in [5, 5.41) is 13.9. The first-order chi connectivity index (χ1) is 15.6. The van der Waals surface area contributed by atoms with Gasteiger partial charge in [-0.05, 0) is 46.5 Å². The number of amides is 1. The molecule has 0 saturated carbocycles. The van der Waals surface area contributed by atoms with Crippen molar-refractivity contribution in [3.63, 3.8) is 0 Å². The molecule has 0 bridgehead atoms. The number of hydrogen-bond donors (Lipinski definition) is 0. The SMILES string of the molecule is N#Cc1ccc(N2CCC3(CC2)O[C@@H]2CC[C@@H](c4ccccc4)N2C3=O)n2ncc(Br)c12. The molecule has 3 aromatic rings. The van der Waals surface area contributed by atoms with E-state index in [1.165, 1.54) is 5.56 Å². The number of carbonyl (C=O) groups excluding carboxylic acids is 1. The molecule has 1 spiro atoms. The fourth-order valence-corrected chi connectivity index (χ4v) is 6.00. The lowest BCUT2D eigenvalue weighted by Crippen LogP contribution is -2.50. The number of carbonyl (C=O) groups is 1. The maximum Gasteiger partial charge on any atom is 0.257 e. The molecule has 3 fully saturated rings. The van der Waals surface area contributed by atoms with Gasteiger partial charge >= 0.3 is 0 Å². The van der Waals surface area contributed by atoms with Gasteiger partial charge in [-0.2, -0.15) is 10.4 Å². The summed E-state index contributed by atoms with van der Waals surface area (Å²) in [4.78, 5) is 17.8. The van der Waals surface area contributed by atoms with Crippen molar-refractivity contribution in [1.82, 2.24) is 14.5 Å². The van der Waals surface area contributed by atoms with Gasteiger partial charge in [0.05, 0.1) is 22.3 Å². The zero-order valence-corrected chi connectivity index (χ0v) is 19.0. The van der Waals surface area contributed by atoms with Gasteiger partial charge in [-0.1, -0.05) is 30.3 Å². The van der Waals surface area contributed by atoms with Crippen molar-refractivity contribution in [1.29, 1.82) is 5.26 Å². The molecule has 0 N–H and O–H groups in total. The van der Waals surface area contributed by atoms with Gasteiger partial charge in [-0.25, -0.2) is 4.52 Å². The Balaban J connectivity index is 1.24. The lowest BCUT2D eigenvalue weighted by molar-refractivity contribution is -0.140. The van der Waals surface area contributed by atoms with Crippen LogP contribution in [0.2, 0.25) is 0 Å². The highest BCUT2D eigenvalue weighted by atomic mass is 79.9. The summed E-state index contributed by atoms with van der Waals surface area (Å²) >= 11 is 3.50. The zero-order chi connectivity index (χ0) is 21.9. The molecule has 3 saturated heterocycles. The third kappa shape index (κ3) is 2.81. The van der Waals surface area contributed by atoms with Crippen molar-refractivity contribution < 1.29 is 9.53 Å². The van der Waals surface area contributed by atoms with Gasteiger partial charge < -0.3 is 14.5 Å². The topological polar surface area (TPSA) is 73.9 Å². The standard InChI is InChI=1S/C24H22BrN5O2/c25-18-15-27-30-20(8-6-17(14-26)22(18)30)28-12-10-24(11-13-28)23(31)29-19(7-9-21(29)32-24)16-4-2-1-3-5-16/h1-6,8,15,19,21H,7,9-13H2/t19-,21+/m0/s1. The van der Waals surface area contributed by atoms with Gasteiger partial charge in [0, 0.05) is 25.9 Å². The van der Waals surface area contributed by atoms with Crippen LogP contribution < -0.4 is 4.90 Å². The average molecular weight is 492 g/mol. The Bertz CT molecular complexity index is 1240. The largest absolute Gasteiger partial charge is 0.356 e. The lowest BCUT2D eigenvalue weighted by Gasteiger charge is -2.38. The normalized spacial score (nSPS) is 24.3. The molecule has 3 aliphatic heterocycles. The van der Waals surface area contributed by atoms with Gasteiger partial charge in [-0.15, -0.1) is 0 Å². The van der Waals surface area contributed by atoms with E-state index in [0.717, 1.165) is 28.6 Å². The maximum absolute atomic E-state index is 13.6. The van der Waals surface area contributed by atoms with Crippen LogP contribution in [0.25, 0.3) is 5.52 Å². The molecule has 32 heavy (non-hydrogen) atoms. The van der Waals surface area contributed by atoms with Gasteiger partial charge in [-0.3, -0.25) is 4.79 Å². The summed E-state index contributed by atoms with van der Waals surface area (Å²) in [5.41, 5.74) is 1.80. The fourth-order valence-electron chi connectivity index (χ4n) is 5.53. The highest BCUT2D eigenvalue weighted by Gasteiger charge is 2.58. The molecule has 0 aliphatic carbocycles. The molecular weight excluding hydrogens is 470 g/mol. The molecule has 7 nitrogen and oxygen atoms in total. The van der Waals surface area contributed by atoms with Gasteiger partial charge in [0.1, 0.15) is 23.6 Å². The van der Waals surface area contributed by atoms with Crippen LogP contribution in [-0.2, 0) is 9.53 Å². The second-order valence-corrected chi connectivity index (χ2v) is 9.59. The van der Waals surface area contributed by atoms with E-state index in [-0.39, 0.29) is 18.2 Å². The Labute approximate surface area is 194 Å². The van der Waals surface area contributed by atoms with Gasteiger partial charge in [0.2, 0.25) is 0 Å². The Morgan fingerprint density at radius 2 is 1.91 bits per heavy atom. The number of anilines is 1. The van der Waals surface area contributed by atoms with E-state index in [4.69, 9.17) is 4.74 Å². The molecule has 8 heteroatoms. The maximum atomic E-state index is 13.6. The van der Waals surface area contributed by atoms with E-state index in [9.17, 15) is 10.1 Å². The number of aromatic nitrogens is 2. The molecule has 0 unspecified atom stereocenters. The summed E-state index contributed by atoms with van der Waals surface area (Å²) in [7, 11) is 0. The van der Waals surface area contributed by atoms with Crippen LogP contribution >= 0.6 is 15.9 Å². The van der Waals surface area contributed by atoms with E-state index >= 15 is 0 Å². The summed E-state index contributed by atoms with van der Waals surface area (Å²) in [5.74, 6) is 1.06. The molecular formula is C24H22BrN5O2. The highest BCUT2D eigenvalue weighted by molar-refractivity contribution is 9.10.